The summed E-state index contributed by atoms with van der Waals surface area (Å²) in [6.45, 7) is 2.30. The minimum Gasteiger partial charge on any atom is -0.497 e. The van der Waals surface area contributed by atoms with Gasteiger partial charge in [-0.05, 0) is 60.9 Å². The number of ether oxygens (including phenoxy) is 1. The molecular formula is C20H24N2O2S. The van der Waals surface area contributed by atoms with Gasteiger partial charge in [0, 0.05) is 23.7 Å². The number of anilines is 1. The van der Waals surface area contributed by atoms with E-state index in [0.717, 1.165) is 44.5 Å². The summed E-state index contributed by atoms with van der Waals surface area (Å²) in [5.41, 5.74) is 2.47. The number of carbonyl (C=O) groups is 1. The number of carbonyl (C=O) groups excluding carboxylic acids is 1. The number of aryl methyl sites for hydroxylation is 1. The molecule has 0 unspecified atom stereocenters. The van der Waals surface area contributed by atoms with Gasteiger partial charge in [0.05, 0.1) is 19.7 Å². The zero-order valence-corrected chi connectivity index (χ0v) is 15.4. The van der Waals surface area contributed by atoms with Crippen molar-refractivity contribution in [1.29, 1.82) is 0 Å². The van der Waals surface area contributed by atoms with E-state index in [1.807, 2.05) is 6.07 Å². The molecule has 1 atom stereocenters. The molecule has 1 amide bonds. The lowest BCUT2D eigenvalue weighted by molar-refractivity contribution is -0.130. The number of fused-ring (bicyclic) bond motifs is 1. The quantitative estimate of drug-likeness (QED) is 0.834. The Morgan fingerprint density at radius 3 is 3.00 bits per heavy atom. The highest BCUT2D eigenvalue weighted by Crippen LogP contribution is 2.35. The second-order valence-electron chi connectivity index (χ2n) is 6.78. The summed E-state index contributed by atoms with van der Waals surface area (Å²) >= 11 is 1.76. The third-order valence-electron chi connectivity index (χ3n) is 5.27. The lowest BCUT2D eigenvalue weighted by atomic mass is 10.0. The highest BCUT2D eigenvalue weighted by atomic mass is 32.1. The van der Waals surface area contributed by atoms with Gasteiger partial charge in [-0.15, -0.1) is 11.3 Å². The van der Waals surface area contributed by atoms with Gasteiger partial charge in [-0.1, -0.05) is 6.07 Å². The molecule has 1 fully saturated rings. The van der Waals surface area contributed by atoms with Gasteiger partial charge in [-0.2, -0.15) is 0 Å². The van der Waals surface area contributed by atoms with Crippen molar-refractivity contribution in [2.45, 2.75) is 31.7 Å². The molecule has 0 bridgehead atoms. The van der Waals surface area contributed by atoms with Crippen LogP contribution in [0.4, 0.5) is 5.69 Å². The van der Waals surface area contributed by atoms with Gasteiger partial charge in [0.1, 0.15) is 5.75 Å². The van der Waals surface area contributed by atoms with Gasteiger partial charge in [-0.25, -0.2) is 0 Å². The van der Waals surface area contributed by atoms with E-state index in [1.165, 1.54) is 16.1 Å². The third kappa shape index (κ3) is 3.25. The number of methoxy groups -OCH3 is 1. The minimum atomic E-state index is 0.250. The van der Waals surface area contributed by atoms with Crippen LogP contribution in [0.1, 0.15) is 35.7 Å². The molecule has 0 radical (unpaired) electrons. The molecule has 0 N–H and O–H groups in total. The van der Waals surface area contributed by atoms with E-state index >= 15 is 0 Å². The Morgan fingerprint density at radius 2 is 2.20 bits per heavy atom. The molecular weight excluding hydrogens is 332 g/mol. The monoisotopic (exact) mass is 356 g/mol. The standard InChI is InChI=1S/C20H24N2O2S/c1-24-16-8-9-17-15(13-16)5-2-10-21(17)14-20(23)22-11-3-6-18(22)19-7-4-12-25-19/h4,7-9,12-13,18H,2-3,5-6,10-11,14H2,1H3/t18-/m1/s1. The number of rotatable bonds is 4. The van der Waals surface area contributed by atoms with Gasteiger partial charge >= 0.3 is 0 Å². The summed E-state index contributed by atoms with van der Waals surface area (Å²) < 4.78 is 5.34. The maximum absolute atomic E-state index is 13.0. The Balaban J connectivity index is 1.50. The number of amides is 1. The molecule has 132 valence electrons. The molecule has 2 aromatic rings. The lowest BCUT2D eigenvalue weighted by Gasteiger charge is -2.33. The molecule has 2 aliphatic rings. The highest BCUT2D eigenvalue weighted by Gasteiger charge is 2.32. The summed E-state index contributed by atoms with van der Waals surface area (Å²) in [6, 6.07) is 10.7. The first-order valence-electron chi connectivity index (χ1n) is 9.01. The highest BCUT2D eigenvalue weighted by molar-refractivity contribution is 7.10. The van der Waals surface area contributed by atoms with Crippen LogP contribution in [0.15, 0.2) is 35.7 Å². The van der Waals surface area contributed by atoms with Crippen LogP contribution in [0, 0.1) is 0 Å². The number of benzene rings is 1. The number of hydrogen-bond acceptors (Lipinski definition) is 4. The van der Waals surface area contributed by atoms with Gasteiger partial charge in [0.25, 0.3) is 0 Å². The van der Waals surface area contributed by atoms with Crippen molar-refractivity contribution in [3.8, 4) is 5.75 Å². The first-order chi connectivity index (χ1) is 12.3. The fourth-order valence-electron chi connectivity index (χ4n) is 4.04. The molecule has 0 spiro atoms. The first kappa shape index (κ1) is 16.5. The number of hydrogen-bond donors (Lipinski definition) is 0. The summed E-state index contributed by atoms with van der Waals surface area (Å²) in [4.78, 5) is 18.7. The van der Waals surface area contributed by atoms with Gasteiger partial charge in [0.2, 0.25) is 5.91 Å². The van der Waals surface area contributed by atoms with E-state index in [9.17, 15) is 4.79 Å². The second-order valence-corrected chi connectivity index (χ2v) is 7.76. The maximum Gasteiger partial charge on any atom is 0.242 e. The zero-order chi connectivity index (χ0) is 17.2. The van der Waals surface area contributed by atoms with Gasteiger partial charge in [0.15, 0.2) is 0 Å². The van der Waals surface area contributed by atoms with E-state index < -0.39 is 0 Å². The maximum atomic E-state index is 13.0. The average molecular weight is 356 g/mol. The molecule has 4 rings (SSSR count). The van der Waals surface area contributed by atoms with E-state index in [1.54, 1.807) is 18.4 Å². The Hall–Kier alpha value is -2.01. The molecule has 0 aliphatic carbocycles. The lowest BCUT2D eigenvalue weighted by Crippen LogP contribution is -2.41. The van der Waals surface area contributed by atoms with Gasteiger partial charge < -0.3 is 14.5 Å². The fourth-order valence-corrected chi connectivity index (χ4v) is 4.91. The van der Waals surface area contributed by atoms with E-state index in [0.29, 0.717) is 6.54 Å². The minimum absolute atomic E-state index is 0.250. The van der Waals surface area contributed by atoms with Crippen molar-refractivity contribution in [1.82, 2.24) is 4.90 Å². The van der Waals surface area contributed by atoms with Gasteiger partial charge in [-0.3, -0.25) is 4.79 Å². The molecule has 1 aromatic carbocycles. The largest absolute Gasteiger partial charge is 0.497 e. The molecule has 3 heterocycles. The van der Waals surface area contributed by atoms with Crippen LogP contribution in [0.5, 0.6) is 5.75 Å². The summed E-state index contributed by atoms with van der Waals surface area (Å²) in [5.74, 6) is 1.14. The van der Waals surface area contributed by atoms with E-state index in [4.69, 9.17) is 4.74 Å². The van der Waals surface area contributed by atoms with Crippen LogP contribution in [0.2, 0.25) is 0 Å². The van der Waals surface area contributed by atoms with E-state index in [-0.39, 0.29) is 11.9 Å². The van der Waals surface area contributed by atoms with Crippen molar-refractivity contribution in [3.63, 3.8) is 0 Å². The molecule has 2 aliphatic heterocycles. The van der Waals surface area contributed by atoms with Crippen LogP contribution in [0.25, 0.3) is 0 Å². The molecule has 25 heavy (non-hydrogen) atoms. The molecule has 5 heteroatoms. The smallest absolute Gasteiger partial charge is 0.242 e. The number of nitrogens with zero attached hydrogens (tertiary/aromatic N) is 2. The zero-order valence-electron chi connectivity index (χ0n) is 14.6. The van der Waals surface area contributed by atoms with Crippen molar-refractivity contribution in [2.75, 3.05) is 31.6 Å². The summed E-state index contributed by atoms with van der Waals surface area (Å²) in [7, 11) is 1.70. The molecule has 0 saturated carbocycles. The Bertz CT molecular complexity index is 744. The first-order valence-corrected chi connectivity index (χ1v) is 9.89. The van der Waals surface area contributed by atoms with Crippen molar-refractivity contribution >= 4 is 22.9 Å². The molecule has 1 saturated heterocycles. The molecule has 1 aromatic heterocycles. The number of likely N-dealkylation sites (tertiary alicyclic amines) is 1. The molecule has 4 nitrogen and oxygen atoms in total. The van der Waals surface area contributed by atoms with Crippen LogP contribution in [0.3, 0.4) is 0 Å². The van der Waals surface area contributed by atoms with Crippen LogP contribution < -0.4 is 9.64 Å². The Morgan fingerprint density at radius 1 is 1.28 bits per heavy atom. The SMILES string of the molecule is COc1ccc2c(c1)CCCN2CC(=O)N1CCC[C@@H]1c1cccs1. The van der Waals surface area contributed by atoms with Crippen molar-refractivity contribution in [3.05, 3.63) is 46.2 Å². The van der Waals surface area contributed by atoms with Crippen LogP contribution >= 0.6 is 11.3 Å². The fraction of sp³-hybridized carbons (Fsp3) is 0.450. The summed E-state index contributed by atoms with van der Waals surface area (Å²) in [5, 5.41) is 2.10. The Labute approximate surface area is 153 Å². The Kier molecular flexibility index (Phi) is 4.66. The van der Waals surface area contributed by atoms with Crippen molar-refractivity contribution in [2.24, 2.45) is 0 Å². The normalized spacial score (nSPS) is 19.8. The van der Waals surface area contributed by atoms with Crippen LogP contribution in [-0.2, 0) is 11.2 Å². The van der Waals surface area contributed by atoms with E-state index in [2.05, 4.69) is 39.4 Å². The third-order valence-corrected chi connectivity index (χ3v) is 6.25. The summed E-state index contributed by atoms with van der Waals surface area (Å²) in [6.07, 6.45) is 4.32. The topological polar surface area (TPSA) is 32.8 Å². The predicted molar refractivity (Wildman–Crippen MR) is 102 cm³/mol. The van der Waals surface area contributed by atoms with Crippen LogP contribution in [-0.4, -0.2) is 37.6 Å². The van der Waals surface area contributed by atoms with Crippen molar-refractivity contribution < 1.29 is 9.53 Å². The number of thiophene rings is 1. The average Bonchev–Trinajstić information content (AvgIpc) is 3.32. The predicted octanol–water partition coefficient (Wildman–Crippen LogP) is 3.87. The second kappa shape index (κ2) is 7.08.